The fourth-order valence-electron chi connectivity index (χ4n) is 2.26. The number of anilines is 1. The largest absolute Gasteiger partial charge is 0.314 e. The van der Waals surface area contributed by atoms with Crippen LogP contribution in [-0.2, 0) is 4.79 Å². The highest BCUT2D eigenvalue weighted by molar-refractivity contribution is 6.31. The van der Waals surface area contributed by atoms with E-state index in [0.717, 1.165) is 0 Å². The third-order valence-electron chi connectivity index (χ3n) is 3.54. The molecule has 1 amide bonds. The number of nitrogens with one attached hydrogen (secondary N) is 1. The third-order valence-corrected chi connectivity index (χ3v) is 3.77. The summed E-state index contributed by atoms with van der Waals surface area (Å²) < 4.78 is 0. The van der Waals surface area contributed by atoms with Gasteiger partial charge >= 0.3 is 0 Å². The molecule has 0 aromatic heterocycles. The number of benzene rings is 2. The summed E-state index contributed by atoms with van der Waals surface area (Å²) in [5.74, 6) is -0.326. The average Bonchev–Trinajstić information content (AvgIpc) is 2.61. The van der Waals surface area contributed by atoms with Crippen molar-refractivity contribution in [1.29, 1.82) is 0 Å². The lowest BCUT2D eigenvalue weighted by Gasteiger charge is -2.21. The Labute approximate surface area is 158 Å². The summed E-state index contributed by atoms with van der Waals surface area (Å²) in [5.41, 5.74) is 1.47. The molecule has 4 nitrogen and oxygen atoms in total. The van der Waals surface area contributed by atoms with Gasteiger partial charge in [-0.05, 0) is 18.2 Å². The molecule has 25 heavy (non-hydrogen) atoms. The minimum atomic E-state index is -0.174. The van der Waals surface area contributed by atoms with Crippen LogP contribution in [0, 0.1) is 0 Å². The SMILES string of the molecule is C=CCNCC(=O)N(C)c1ccc(Cl)cc1C(=O)c1ccccc1.Cl. The molecule has 6 heteroatoms. The number of halogens is 2. The Hall–Kier alpha value is -2.14. The molecule has 0 radical (unpaired) electrons. The number of carbonyl (C=O) groups is 2. The number of carbonyl (C=O) groups excluding carboxylic acids is 2. The minimum Gasteiger partial charge on any atom is -0.314 e. The molecule has 0 saturated carbocycles. The van der Waals surface area contributed by atoms with E-state index >= 15 is 0 Å². The monoisotopic (exact) mass is 378 g/mol. The Morgan fingerprint density at radius 3 is 2.52 bits per heavy atom. The van der Waals surface area contributed by atoms with Crippen LogP contribution in [0.2, 0.25) is 5.02 Å². The topological polar surface area (TPSA) is 49.4 Å². The number of rotatable bonds is 7. The molecule has 2 aromatic rings. The van der Waals surface area contributed by atoms with Crippen molar-refractivity contribution in [2.75, 3.05) is 25.0 Å². The lowest BCUT2D eigenvalue weighted by molar-refractivity contribution is -0.117. The number of likely N-dealkylation sites (N-methyl/N-ethyl adjacent to an activating group) is 1. The maximum Gasteiger partial charge on any atom is 0.240 e. The predicted octanol–water partition coefficient (Wildman–Crippen LogP) is 3.73. The van der Waals surface area contributed by atoms with E-state index in [1.165, 1.54) is 4.90 Å². The molecular weight excluding hydrogens is 359 g/mol. The van der Waals surface area contributed by atoms with Gasteiger partial charge in [0, 0.05) is 29.7 Å². The van der Waals surface area contributed by atoms with Crippen LogP contribution in [0.5, 0.6) is 0 Å². The first-order valence-corrected chi connectivity index (χ1v) is 7.90. The fourth-order valence-corrected chi connectivity index (χ4v) is 2.43. The molecule has 1 N–H and O–H groups in total. The van der Waals surface area contributed by atoms with E-state index in [1.54, 1.807) is 55.6 Å². The van der Waals surface area contributed by atoms with Gasteiger partial charge in [0.05, 0.1) is 12.2 Å². The van der Waals surface area contributed by atoms with Crippen LogP contribution < -0.4 is 10.2 Å². The van der Waals surface area contributed by atoms with Crippen LogP contribution in [0.1, 0.15) is 15.9 Å². The van der Waals surface area contributed by atoms with Gasteiger partial charge in [-0.1, -0.05) is 48.0 Å². The van der Waals surface area contributed by atoms with Crippen LogP contribution in [0.4, 0.5) is 5.69 Å². The Morgan fingerprint density at radius 1 is 1.20 bits per heavy atom. The van der Waals surface area contributed by atoms with Crippen molar-refractivity contribution in [2.24, 2.45) is 0 Å². The molecule has 0 aliphatic carbocycles. The van der Waals surface area contributed by atoms with E-state index in [-0.39, 0.29) is 30.6 Å². The van der Waals surface area contributed by atoms with E-state index in [1.807, 2.05) is 6.07 Å². The van der Waals surface area contributed by atoms with E-state index < -0.39 is 0 Å². The molecule has 132 valence electrons. The fraction of sp³-hybridized carbons (Fsp3) is 0.158. The van der Waals surface area contributed by atoms with Gasteiger partial charge in [-0.15, -0.1) is 19.0 Å². The van der Waals surface area contributed by atoms with Gasteiger partial charge in [-0.3, -0.25) is 9.59 Å². The first-order chi connectivity index (χ1) is 11.5. The average molecular weight is 379 g/mol. The Balaban J connectivity index is 0.00000312. The van der Waals surface area contributed by atoms with Gasteiger partial charge in [0.1, 0.15) is 0 Å². The van der Waals surface area contributed by atoms with Crippen molar-refractivity contribution in [2.45, 2.75) is 0 Å². The Bertz CT molecular complexity index is 748. The normalized spacial score (nSPS) is 9.84. The molecule has 0 aliphatic rings. The number of hydrogen-bond acceptors (Lipinski definition) is 3. The van der Waals surface area contributed by atoms with Crippen molar-refractivity contribution >= 4 is 41.4 Å². The summed E-state index contributed by atoms with van der Waals surface area (Å²) in [5, 5.41) is 3.40. The molecule has 0 heterocycles. The number of ketones is 1. The van der Waals surface area contributed by atoms with Gasteiger partial charge in [-0.2, -0.15) is 0 Å². The number of hydrogen-bond donors (Lipinski definition) is 1. The lowest BCUT2D eigenvalue weighted by atomic mass is 10.0. The molecule has 2 rings (SSSR count). The first-order valence-electron chi connectivity index (χ1n) is 7.52. The van der Waals surface area contributed by atoms with Crippen LogP contribution in [0.3, 0.4) is 0 Å². The predicted molar refractivity (Wildman–Crippen MR) is 105 cm³/mol. The second kappa shape index (κ2) is 9.99. The first kappa shape index (κ1) is 20.9. The zero-order valence-corrected chi connectivity index (χ0v) is 15.4. The van der Waals surface area contributed by atoms with E-state index in [0.29, 0.717) is 28.4 Å². The number of amides is 1. The van der Waals surface area contributed by atoms with Gasteiger partial charge in [0.2, 0.25) is 5.91 Å². The molecule has 2 aromatic carbocycles. The summed E-state index contributed by atoms with van der Waals surface area (Å²) in [7, 11) is 1.64. The van der Waals surface area contributed by atoms with Gasteiger partial charge in [-0.25, -0.2) is 0 Å². The summed E-state index contributed by atoms with van der Waals surface area (Å²) in [6.07, 6.45) is 1.68. The zero-order valence-electron chi connectivity index (χ0n) is 13.9. The summed E-state index contributed by atoms with van der Waals surface area (Å²) in [6.45, 7) is 4.29. The van der Waals surface area contributed by atoms with Crippen molar-refractivity contribution in [1.82, 2.24) is 5.32 Å². The molecular formula is C19H20Cl2N2O2. The molecule has 0 saturated heterocycles. The smallest absolute Gasteiger partial charge is 0.240 e. The number of nitrogens with zero attached hydrogens (tertiary/aromatic N) is 1. The van der Waals surface area contributed by atoms with E-state index in [4.69, 9.17) is 11.6 Å². The second-order valence-electron chi connectivity index (χ2n) is 5.23. The highest BCUT2D eigenvalue weighted by Crippen LogP contribution is 2.26. The minimum absolute atomic E-state index is 0. The van der Waals surface area contributed by atoms with Crippen molar-refractivity contribution in [3.05, 3.63) is 77.3 Å². The molecule has 0 atom stereocenters. The van der Waals surface area contributed by atoms with Crippen LogP contribution >= 0.6 is 24.0 Å². The summed E-state index contributed by atoms with van der Waals surface area (Å²) >= 11 is 6.06. The van der Waals surface area contributed by atoms with E-state index in [9.17, 15) is 9.59 Å². The van der Waals surface area contributed by atoms with Gasteiger partial charge in [0.25, 0.3) is 0 Å². The molecule has 0 fully saturated rings. The molecule has 0 bridgehead atoms. The maximum absolute atomic E-state index is 12.8. The molecule has 0 aliphatic heterocycles. The Morgan fingerprint density at radius 2 is 1.88 bits per heavy atom. The third kappa shape index (κ3) is 5.43. The summed E-state index contributed by atoms with van der Waals surface area (Å²) in [4.78, 5) is 26.5. The summed E-state index contributed by atoms with van der Waals surface area (Å²) in [6, 6.07) is 13.9. The quantitative estimate of drug-likeness (QED) is 0.453. The second-order valence-corrected chi connectivity index (χ2v) is 5.67. The highest BCUT2D eigenvalue weighted by atomic mass is 35.5. The molecule has 0 spiro atoms. The molecule has 0 unspecified atom stereocenters. The lowest BCUT2D eigenvalue weighted by Crippen LogP contribution is -2.36. The van der Waals surface area contributed by atoms with Crippen LogP contribution in [-0.4, -0.2) is 31.8 Å². The van der Waals surface area contributed by atoms with Crippen molar-refractivity contribution in [3.8, 4) is 0 Å². The van der Waals surface area contributed by atoms with Crippen LogP contribution in [0.15, 0.2) is 61.2 Å². The van der Waals surface area contributed by atoms with Gasteiger partial charge < -0.3 is 10.2 Å². The Kier molecular flexibility index (Phi) is 8.35. The van der Waals surface area contributed by atoms with E-state index in [2.05, 4.69) is 11.9 Å². The van der Waals surface area contributed by atoms with Gasteiger partial charge in [0.15, 0.2) is 5.78 Å². The highest BCUT2D eigenvalue weighted by Gasteiger charge is 2.20. The zero-order chi connectivity index (χ0) is 17.5. The maximum atomic E-state index is 12.8. The standard InChI is InChI=1S/C19H19ClN2O2.ClH/c1-3-11-21-13-18(23)22(2)17-10-9-15(20)12-16(17)19(24)14-7-5-4-6-8-14;/h3-10,12,21H,1,11,13H2,2H3;1H. The van der Waals surface area contributed by atoms with Crippen molar-refractivity contribution < 1.29 is 9.59 Å². The van der Waals surface area contributed by atoms with Crippen molar-refractivity contribution in [3.63, 3.8) is 0 Å². The van der Waals surface area contributed by atoms with Crippen LogP contribution in [0.25, 0.3) is 0 Å².